The summed E-state index contributed by atoms with van der Waals surface area (Å²) in [6.45, 7) is 0. The van der Waals surface area contributed by atoms with E-state index in [4.69, 9.17) is 16.3 Å². The molecule has 166 valence electrons. The highest BCUT2D eigenvalue weighted by atomic mass is 35.5. The number of aromatic carboxylic acids is 1. The van der Waals surface area contributed by atoms with Crippen molar-refractivity contribution in [2.75, 3.05) is 0 Å². The molecule has 3 aromatic carbocycles. The number of carboxylic acids is 2. The molecule has 0 aliphatic rings. The van der Waals surface area contributed by atoms with E-state index in [2.05, 4.69) is 4.72 Å². The molecule has 0 amide bonds. The lowest BCUT2D eigenvalue weighted by Gasteiger charge is -2.21. The zero-order valence-corrected chi connectivity index (χ0v) is 17.9. The molecule has 0 saturated carbocycles. The first kappa shape index (κ1) is 23.3. The molecule has 1 atom stereocenters. The highest BCUT2D eigenvalue weighted by Crippen LogP contribution is 2.29. The van der Waals surface area contributed by atoms with Gasteiger partial charge in [-0.25, -0.2) is 13.1 Å². The lowest BCUT2D eigenvalue weighted by atomic mass is 10.0. The van der Waals surface area contributed by atoms with Crippen molar-refractivity contribution in [2.24, 2.45) is 0 Å². The second-order valence-electron chi connectivity index (χ2n) is 6.67. The number of nitrogens with one attached hydrogen (secondary N) is 1. The molecule has 1 N–H and O–H groups in total. The number of hydrogen-bond donors (Lipinski definition) is 1. The Morgan fingerprint density at radius 3 is 2.28 bits per heavy atom. The van der Waals surface area contributed by atoms with Crippen LogP contribution >= 0.6 is 11.6 Å². The van der Waals surface area contributed by atoms with E-state index in [1.54, 1.807) is 36.4 Å². The number of hydrogen-bond acceptors (Lipinski definition) is 7. The van der Waals surface area contributed by atoms with Gasteiger partial charge in [0.25, 0.3) is 0 Å². The van der Waals surface area contributed by atoms with Crippen LogP contribution in [0.3, 0.4) is 0 Å². The molecular weight excluding hydrogens is 458 g/mol. The fraction of sp³-hybridized carbons (Fsp3) is 0.0909. The first-order chi connectivity index (χ1) is 15.2. The van der Waals surface area contributed by atoms with Crippen LogP contribution in [0.15, 0.2) is 77.7 Å². The van der Waals surface area contributed by atoms with E-state index in [0.717, 1.165) is 18.2 Å². The molecule has 0 fully saturated rings. The molecule has 0 unspecified atom stereocenters. The summed E-state index contributed by atoms with van der Waals surface area (Å²) in [5.74, 6) is -2.20. The van der Waals surface area contributed by atoms with Gasteiger partial charge >= 0.3 is 0 Å². The highest BCUT2D eigenvalue weighted by Gasteiger charge is 2.25. The Labute approximate surface area is 189 Å². The number of carboxylic acid groups (broad SMARTS) is 2. The molecule has 0 spiro atoms. The summed E-state index contributed by atoms with van der Waals surface area (Å²) in [4.78, 5) is 21.9. The average Bonchev–Trinajstić information content (AvgIpc) is 2.73. The maximum absolute atomic E-state index is 12.9. The summed E-state index contributed by atoms with van der Waals surface area (Å²) >= 11 is 5.95. The van der Waals surface area contributed by atoms with Gasteiger partial charge < -0.3 is 24.5 Å². The van der Waals surface area contributed by atoms with Gasteiger partial charge in [-0.05, 0) is 47.5 Å². The Hall–Kier alpha value is -3.40. The largest absolute Gasteiger partial charge is 0.550 e. The number of carbonyl (C=O) groups excluding carboxylic acids is 2. The second-order valence-corrected chi connectivity index (χ2v) is 8.76. The van der Waals surface area contributed by atoms with E-state index in [1.165, 1.54) is 12.1 Å². The zero-order valence-electron chi connectivity index (χ0n) is 16.4. The number of carbonyl (C=O) groups is 2. The van der Waals surface area contributed by atoms with Gasteiger partial charge in [0, 0.05) is 12.4 Å². The quantitative estimate of drug-likeness (QED) is 0.499. The lowest BCUT2D eigenvalue weighted by Crippen LogP contribution is -2.34. The van der Waals surface area contributed by atoms with Crippen molar-refractivity contribution in [1.29, 1.82) is 0 Å². The van der Waals surface area contributed by atoms with Crippen molar-refractivity contribution >= 4 is 33.6 Å². The Balaban J connectivity index is 1.94. The van der Waals surface area contributed by atoms with Gasteiger partial charge in [0.1, 0.15) is 16.4 Å². The smallest absolute Gasteiger partial charge is 0.242 e. The number of aliphatic carboxylic acids is 1. The van der Waals surface area contributed by atoms with Gasteiger partial charge in [0.15, 0.2) is 0 Å². The summed E-state index contributed by atoms with van der Waals surface area (Å²) in [6, 6.07) is 16.8. The van der Waals surface area contributed by atoms with Gasteiger partial charge in [-0.15, -0.1) is 0 Å². The first-order valence-electron chi connectivity index (χ1n) is 9.21. The van der Waals surface area contributed by atoms with Crippen LogP contribution in [0, 0.1) is 0 Å². The molecule has 0 saturated heterocycles. The number of halogens is 1. The highest BCUT2D eigenvalue weighted by molar-refractivity contribution is 7.89. The first-order valence-corrected chi connectivity index (χ1v) is 11.1. The van der Waals surface area contributed by atoms with E-state index in [-0.39, 0.29) is 5.02 Å². The van der Waals surface area contributed by atoms with E-state index < -0.39 is 44.9 Å². The van der Waals surface area contributed by atoms with Crippen molar-refractivity contribution < 1.29 is 33.0 Å². The molecule has 0 bridgehead atoms. The van der Waals surface area contributed by atoms with E-state index in [9.17, 15) is 28.2 Å². The van der Waals surface area contributed by atoms with E-state index >= 15 is 0 Å². The Morgan fingerprint density at radius 2 is 1.62 bits per heavy atom. The summed E-state index contributed by atoms with van der Waals surface area (Å²) in [6.07, 6.45) is -0.689. The Bertz CT molecular complexity index is 1250. The molecular formula is C22H16ClNO7S-2. The van der Waals surface area contributed by atoms with Gasteiger partial charge in [0.05, 0.1) is 17.0 Å². The van der Waals surface area contributed by atoms with Crippen LogP contribution in [0.5, 0.6) is 11.5 Å². The average molecular weight is 474 g/mol. The number of rotatable bonds is 9. The minimum atomic E-state index is -4.42. The maximum Gasteiger partial charge on any atom is 0.242 e. The normalized spacial score (nSPS) is 12.2. The van der Waals surface area contributed by atoms with Crippen molar-refractivity contribution in [3.63, 3.8) is 0 Å². The summed E-state index contributed by atoms with van der Waals surface area (Å²) < 4.78 is 33.8. The van der Waals surface area contributed by atoms with Gasteiger partial charge in [-0.2, -0.15) is 0 Å². The molecule has 0 radical (unpaired) electrons. The molecule has 0 aliphatic heterocycles. The predicted octanol–water partition coefficient (Wildman–Crippen LogP) is 1.66. The van der Waals surface area contributed by atoms with Gasteiger partial charge in [-0.1, -0.05) is 48.0 Å². The molecule has 3 aromatic rings. The van der Waals surface area contributed by atoms with Crippen LogP contribution in [-0.4, -0.2) is 20.4 Å². The van der Waals surface area contributed by atoms with Crippen molar-refractivity contribution in [1.82, 2.24) is 4.72 Å². The van der Waals surface area contributed by atoms with Crippen molar-refractivity contribution in [2.45, 2.75) is 17.4 Å². The van der Waals surface area contributed by atoms with Crippen molar-refractivity contribution in [3.8, 4) is 11.5 Å². The lowest BCUT2D eigenvalue weighted by molar-refractivity contribution is -0.306. The minimum absolute atomic E-state index is 0.240. The topological polar surface area (TPSA) is 136 Å². The van der Waals surface area contributed by atoms with Crippen LogP contribution in [0.25, 0.3) is 0 Å². The third-order valence-corrected chi connectivity index (χ3v) is 6.32. The Morgan fingerprint density at radius 1 is 0.938 bits per heavy atom. The number of para-hydroxylation sites is 1. The maximum atomic E-state index is 12.9. The van der Waals surface area contributed by atoms with Gasteiger partial charge in [-0.3, -0.25) is 0 Å². The molecule has 0 aromatic heterocycles. The summed E-state index contributed by atoms with van der Waals surface area (Å²) in [5, 5.41) is 22.2. The number of benzene rings is 3. The van der Waals surface area contributed by atoms with E-state index in [0.29, 0.717) is 17.1 Å². The predicted molar refractivity (Wildman–Crippen MR) is 111 cm³/mol. The summed E-state index contributed by atoms with van der Waals surface area (Å²) in [5.41, 5.74) is -0.108. The monoisotopic (exact) mass is 473 g/mol. The van der Waals surface area contributed by atoms with Crippen LogP contribution in [0.1, 0.15) is 28.4 Å². The SMILES string of the molecule is O=C([O-])C[C@H](NS(=O)(=O)c1cc(C(=O)[O-])ccc1Cl)c1cccc(Oc2ccccc2)c1. The van der Waals surface area contributed by atoms with Crippen LogP contribution in [0.4, 0.5) is 0 Å². The van der Waals surface area contributed by atoms with Crippen molar-refractivity contribution in [3.05, 3.63) is 88.9 Å². The Kier molecular flexibility index (Phi) is 7.14. The molecule has 32 heavy (non-hydrogen) atoms. The van der Waals surface area contributed by atoms with Gasteiger partial charge in [0.2, 0.25) is 10.0 Å². The fourth-order valence-electron chi connectivity index (χ4n) is 2.90. The van der Waals surface area contributed by atoms with Crippen LogP contribution in [-0.2, 0) is 14.8 Å². The zero-order chi connectivity index (χ0) is 23.3. The van der Waals surface area contributed by atoms with E-state index in [1.807, 2.05) is 6.07 Å². The summed E-state index contributed by atoms with van der Waals surface area (Å²) in [7, 11) is -4.42. The molecule has 10 heteroatoms. The van der Waals surface area contributed by atoms with Crippen LogP contribution in [0.2, 0.25) is 5.02 Å². The number of ether oxygens (including phenoxy) is 1. The molecule has 8 nitrogen and oxygen atoms in total. The molecule has 0 heterocycles. The molecule has 0 aliphatic carbocycles. The molecule has 3 rings (SSSR count). The third-order valence-electron chi connectivity index (χ3n) is 4.36. The third kappa shape index (κ3) is 5.85. The minimum Gasteiger partial charge on any atom is -0.550 e. The van der Waals surface area contributed by atoms with Crippen LogP contribution < -0.4 is 19.7 Å². The number of sulfonamides is 1. The standard InChI is InChI=1S/C22H18ClNO7S/c23-18-10-9-15(22(27)28)12-20(18)32(29,30)24-19(13-21(25)26)14-5-4-8-17(11-14)31-16-6-2-1-3-7-16/h1-12,19,24H,13H2,(H,25,26)(H,27,28)/p-2/t19-/m0/s1. The fourth-order valence-corrected chi connectivity index (χ4v) is 4.65. The second kappa shape index (κ2) is 9.82.